The molecule has 0 N–H and O–H groups in total. The van der Waals surface area contributed by atoms with E-state index >= 15 is 0 Å². The highest BCUT2D eigenvalue weighted by atomic mass is 16.2. The smallest absolute Gasteiger partial charge is 0.261 e. The summed E-state index contributed by atoms with van der Waals surface area (Å²) in [6.45, 7) is 2.47. The number of hydrogen-bond donors (Lipinski definition) is 0. The van der Waals surface area contributed by atoms with Gasteiger partial charge in [-0.25, -0.2) is 0 Å². The van der Waals surface area contributed by atoms with Gasteiger partial charge in [0.05, 0.1) is 17.7 Å². The van der Waals surface area contributed by atoms with E-state index in [1.807, 2.05) is 0 Å². The molecule has 5 nitrogen and oxygen atoms in total. The minimum absolute atomic E-state index is 0.231. The predicted molar refractivity (Wildman–Crippen MR) is 71.3 cm³/mol. The molecule has 0 saturated heterocycles. The molecule has 0 spiro atoms. The number of hydrogen-bond acceptors (Lipinski definition) is 4. The summed E-state index contributed by atoms with van der Waals surface area (Å²) in [6, 6.07) is 6.43. The van der Waals surface area contributed by atoms with E-state index in [1.54, 1.807) is 24.3 Å². The summed E-state index contributed by atoms with van der Waals surface area (Å²) in [5, 5.41) is 0. The fourth-order valence-corrected chi connectivity index (χ4v) is 2.04. The highest BCUT2D eigenvalue weighted by Gasteiger charge is 2.36. The number of ketones is 2. The van der Waals surface area contributed by atoms with Gasteiger partial charge in [-0.3, -0.25) is 24.1 Å². The number of rotatable bonds is 4. The summed E-state index contributed by atoms with van der Waals surface area (Å²) in [4.78, 5) is 47.9. The van der Waals surface area contributed by atoms with Crippen molar-refractivity contribution in [1.29, 1.82) is 0 Å². The van der Waals surface area contributed by atoms with Crippen LogP contribution >= 0.6 is 0 Å². The summed E-state index contributed by atoms with van der Waals surface area (Å²) in [5.41, 5.74) is 0.839. The Morgan fingerprint density at radius 2 is 1.55 bits per heavy atom. The molecule has 102 valence electrons. The highest BCUT2D eigenvalue weighted by Crippen LogP contribution is 2.22. The molecule has 2 amide bonds. The van der Waals surface area contributed by atoms with Crippen molar-refractivity contribution in [3.8, 4) is 0 Å². The van der Waals surface area contributed by atoms with E-state index in [-0.39, 0.29) is 17.9 Å². The number of imide groups is 1. The molecule has 0 unspecified atom stereocenters. The second-order valence-corrected chi connectivity index (χ2v) is 4.60. The van der Waals surface area contributed by atoms with Crippen LogP contribution in [0.2, 0.25) is 0 Å². The molecule has 1 heterocycles. The zero-order chi connectivity index (χ0) is 14.9. The SMILES string of the molecule is CC(=O)C=C(C)C(=O)CN1C(=O)c2ccccc2C1=O. The van der Waals surface area contributed by atoms with Crippen molar-refractivity contribution in [2.45, 2.75) is 13.8 Å². The van der Waals surface area contributed by atoms with Crippen LogP contribution in [0.3, 0.4) is 0 Å². The summed E-state index contributed by atoms with van der Waals surface area (Å²) < 4.78 is 0. The lowest BCUT2D eigenvalue weighted by molar-refractivity contribution is -0.117. The van der Waals surface area contributed by atoms with E-state index in [0.29, 0.717) is 11.1 Å². The zero-order valence-corrected chi connectivity index (χ0v) is 11.2. The van der Waals surface area contributed by atoms with Crippen LogP contribution < -0.4 is 0 Å². The van der Waals surface area contributed by atoms with Crippen molar-refractivity contribution < 1.29 is 19.2 Å². The summed E-state index contributed by atoms with van der Waals surface area (Å²) >= 11 is 0. The van der Waals surface area contributed by atoms with Gasteiger partial charge in [-0.1, -0.05) is 12.1 Å². The van der Waals surface area contributed by atoms with Gasteiger partial charge < -0.3 is 0 Å². The van der Waals surface area contributed by atoms with Gasteiger partial charge in [0.15, 0.2) is 11.6 Å². The first-order valence-electron chi connectivity index (χ1n) is 6.09. The van der Waals surface area contributed by atoms with Crippen LogP contribution in [0.1, 0.15) is 34.6 Å². The fraction of sp³-hybridized carbons (Fsp3) is 0.200. The maximum atomic E-state index is 12.1. The van der Waals surface area contributed by atoms with Gasteiger partial charge in [-0.15, -0.1) is 0 Å². The molecule has 0 aromatic heterocycles. The number of nitrogens with zero attached hydrogens (tertiary/aromatic N) is 1. The Labute approximate surface area is 115 Å². The van der Waals surface area contributed by atoms with Gasteiger partial charge in [-0.05, 0) is 37.6 Å². The second kappa shape index (κ2) is 5.21. The molecule has 0 saturated carbocycles. The number of amides is 2. The van der Waals surface area contributed by atoms with E-state index in [1.165, 1.54) is 19.9 Å². The largest absolute Gasteiger partial charge is 0.295 e. The van der Waals surface area contributed by atoms with Gasteiger partial charge in [-0.2, -0.15) is 0 Å². The van der Waals surface area contributed by atoms with Gasteiger partial charge in [0.1, 0.15) is 0 Å². The lowest BCUT2D eigenvalue weighted by Crippen LogP contribution is -2.35. The topological polar surface area (TPSA) is 71.5 Å². The Morgan fingerprint density at radius 3 is 2.00 bits per heavy atom. The molecule has 1 aromatic rings. The predicted octanol–water partition coefficient (Wildman–Crippen LogP) is 1.39. The van der Waals surface area contributed by atoms with Crippen molar-refractivity contribution in [2.75, 3.05) is 6.54 Å². The molecule has 1 aliphatic heterocycles. The number of Topliss-reactive ketones (excluding diaryl/α,β-unsaturated/α-hetero) is 1. The molecule has 0 radical (unpaired) electrons. The Balaban J connectivity index is 2.21. The Hall–Kier alpha value is -2.56. The quantitative estimate of drug-likeness (QED) is 0.612. The highest BCUT2D eigenvalue weighted by molar-refractivity contribution is 6.23. The first-order valence-corrected chi connectivity index (χ1v) is 6.09. The molecule has 1 aromatic carbocycles. The molecule has 0 aliphatic carbocycles. The van der Waals surface area contributed by atoms with E-state index in [4.69, 9.17) is 0 Å². The van der Waals surface area contributed by atoms with Gasteiger partial charge in [0, 0.05) is 0 Å². The van der Waals surface area contributed by atoms with Crippen LogP contribution in [-0.4, -0.2) is 34.8 Å². The van der Waals surface area contributed by atoms with Crippen LogP contribution in [0, 0.1) is 0 Å². The molecule has 0 bridgehead atoms. The lowest BCUT2D eigenvalue weighted by atomic mass is 10.1. The van der Waals surface area contributed by atoms with Crippen LogP contribution in [0.15, 0.2) is 35.9 Å². The minimum Gasteiger partial charge on any atom is -0.295 e. The summed E-state index contributed by atoms with van der Waals surface area (Å²) in [5.74, 6) is -1.63. The maximum absolute atomic E-state index is 12.1. The Bertz CT molecular complexity index is 623. The van der Waals surface area contributed by atoms with Crippen LogP contribution in [-0.2, 0) is 9.59 Å². The minimum atomic E-state index is -0.477. The third-order valence-electron chi connectivity index (χ3n) is 3.04. The first-order chi connectivity index (χ1) is 9.41. The van der Waals surface area contributed by atoms with Crippen molar-refractivity contribution >= 4 is 23.4 Å². The summed E-state index contributed by atoms with van der Waals surface area (Å²) in [7, 11) is 0. The summed E-state index contributed by atoms with van der Waals surface area (Å²) in [6.07, 6.45) is 1.19. The molecule has 0 fully saturated rings. The number of benzene rings is 1. The van der Waals surface area contributed by atoms with Crippen molar-refractivity contribution in [3.63, 3.8) is 0 Å². The number of carbonyl (C=O) groups excluding carboxylic acids is 4. The molecule has 0 atom stereocenters. The van der Waals surface area contributed by atoms with Crippen LogP contribution in [0.5, 0.6) is 0 Å². The van der Waals surface area contributed by atoms with Crippen molar-refractivity contribution in [3.05, 3.63) is 47.0 Å². The average molecular weight is 271 g/mol. The number of allylic oxidation sites excluding steroid dienone is 1. The average Bonchev–Trinajstić information content (AvgIpc) is 2.64. The second-order valence-electron chi connectivity index (χ2n) is 4.60. The van der Waals surface area contributed by atoms with E-state index in [9.17, 15) is 19.2 Å². The third-order valence-corrected chi connectivity index (χ3v) is 3.04. The monoisotopic (exact) mass is 271 g/mol. The lowest BCUT2D eigenvalue weighted by Gasteiger charge is -2.12. The number of carbonyl (C=O) groups is 4. The van der Waals surface area contributed by atoms with Gasteiger partial charge >= 0.3 is 0 Å². The molecule has 2 rings (SSSR count). The van der Waals surface area contributed by atoms with E-state index < -0.39 is 17.6 Å². The molecule has 1 aliphatic rings. The molecule has 20 heavy (non-hydrogen) atoms. The standard InChI is InChI=1S/C15H13NO4/c1-9(7-10(2)17)13(18)8-16-14(19)11-5-3-4-6-12(11)15(16)20/h3-7H,8H2,1-2H3. The van der Waals surface area contributed by atoms with E-state index in [2.05, 4.69) is 0 Å². The van der Waals surface area contributed by atoms with Crippen molar-refractivity contribution in [1.82, 2.24) is 4.90 Å². The maximum Gasteiger partial charge on any atom is 0.261 e. The molecular formula is C15H13NO4. The van der Waals surface area contributed by atoms with Gasteiger partial charge in [0.25, 0.3) is 11.8 Å². The van der Waals surface area contributed by atoms with Crippen LogP contribution in [0.4, 0.5) is 0 Å². The van der Waals surface area contributed by atoms with Crippen LogP contribution in [0.25, 0.3) is 0 Å². The Kier molecular flexibility index (Phi) is 3.61. The first kappa shape index (κ1) is 13.9. The van der Waals surface area contributed by atoms with E-state index in [0.717, 1.165) is 4.90 Å². The zero-order valence-electron chi connectivity index (χ0n) is 11.2. The normalized spacial score (nSPS) is 14.5. The Morgan fingerprint density at radius 1 is 1.05 bits per heavy atom. The molecule has 5 heteroatoms. The fourth-order valence-electron chi connectivity index (χ4n) is 2.04. The van der Waals surface area contributed by atoms with Crippen molar-refractivity contribution in [2.24, 2.45) is 0 Å². The molecular weight excluding hydrogens is 258 g/mol. The van der Waals surface area contributed by atoms with Gasteiger partial charge in [0.2, 0.25) is 0 Å². The third kappa shape index (κ3) is 2.42. The number of fused-ring (bicyclic) bond motifs is 1.